The quantitative estimate of drug-likeness (QED) is 0.405. The van der Waals surface area contributed by atoms with Crippen LogP contribution < -0.4 is 5.32 Å². The average Bonchev–Trinajstić information content (AvgIpc) is 3.07. The second kappa shape index (κ2) is 7.24. The van der Waals surface area contributed by atoms with Crippen LogP contribution in [0.5, 0.6) is 0 Å². The lowest BCUT2D eigenvalue weighted by Crippen LogP contribution is -2.30. The van der Waals surface area contributed by atoms with Crippen LogP contribution in [-0.4, -0.2) is 27.9 Å². The number of hydrogen-bond donors (Lipinski definition) is 2. The summed E-state index contributed by atoms with van der Waals surface area (Å²) in [6.45, 7) is 1.36. The molecule has 9 heteroatoms. The fraction of sp³-hybridized carbons (Fsp3) is 0.111. The highest BCUT2D eigenvalue weighted by atomic mass is 19.1. The van der Waals surface area contributed by atoms with Crippen LogP contribution in [0.3, 0.4) is 0 Å². The average molecular weight is 371 g/mol. The number of ether oxygens (including phenoxy) is 1. The number of carbonyl (C=O) groups is 2. The summed E-state index contributed by atoms with van der Waals surface area (Å²) in [5, 5.41) is 13.8. The molecule has 2 N–H and O–H groups in total. The van der Waals surface area contributed by atoms with Crippen molar-refractivity contribution in [3.63, 3.8) is 0 Å². The number of anilines is 1. The molecule has 2 aromatic carbocycles. The van der Waals surface area contributed by atoms with Gasteiger partial charge in [0.25, 0.3) is 5.91 Å². The van der Waals surface area contributed by atoms with Crippen molar-refractivity contribution in [1.29, 1.82) is 0 Å². The number of para-hydroxylation sites is 1. The molecule has 0 bridgehead atoms. The van der Waals surface area contributed by atoms with Gasteiger partial charge < -0.3 is 15.0 Å². The van der Waals surface area contributed by atoms with Gasteiger partial charge in [-0.25, -0.2) is 4.79 Å². The topological polar surface area (TPSA) is 114 Å². The van der Waals surface area contributed by atoms with Crippen LogP contribution in [0.4, 0.5) is 15.8 Å². The van der Waals surface area contributed by atoms with Crippen molar-refractivity contribution in [3.05, 3.63) is 70.2 Å². The smallest absolute Gasteiger partial charge is 0.341 e. The zero-order valence-corrected chi connectivity index (χ0v) is 14.1. The van der Waals surface area contributed by atoms with E-state index in [9.17, 15) is 24.1 Å². The normalized spacial score (nSPS) is 11.8. The molecule has 0 fully saturated rings. The number of nitro benzene ring substituents is 1. The number of halogens is 1. The molecular formula is C18H14FN3O5. The summed E-state index contributed by atoms with van der Waals surface area (Å²) in [6, 6.07) is 10.1. The Labute approximate surface area is 152 Å². The number of esters is 1. The third-order valence-corrected chi connectivity index (χ3v) is 3.87. The third kappa shape index (κ3) is 3.76. The number of fused-ring (bicyclic) bond motifs is 1. The third-order valence-electron chi connectivity index (χ3n) is 3.87. The highest BCUT2D eigenvalue weighted by molar-refractivity contribution is 6.05. The van der Waals surface area contributed by atoms with Gasteiger partial charge in [0.05, 0.1) is 10.5 Å². The monoisotopic (exact) mass is 371 g/mol. The molecule has 8 nitrogen and oxygen atoms in total. The first kappa shape index (κ1) is 18.1. The van der Waals surface area contributed by atoms with Gasteiger partial charge in [0.1, 0.15) is 0 Å². The number of hydrogen-bond acceptors (Lipinski definition) is 5. The SMILES string of the molecule is C[C@H](OC(=O)c1c[nH]c2ccccc12)C(=O)Nc1ccc(F)c([N+](=O)[O-])c1. The molecule has 0 spiro atoms. The molecule has 3 rings (SSSR count). The number of nitro groups is 1. The van der Waals surface area contributed by atoms with Crippen molar-refractivity contribution in [3.8, 4) is 0 Å². The largest absolute Gasteiger partial charge is 0.449 e. The van der Waals surface area contributed by atoms with Gasteiger partial charge in [-0.15, -0.1) is 0 Å². The fourth-order valence-electron chi connectivity index (χ4n) is 2.49. The number of rotatable bonds is 5. The Balaban J connectivity index is 1.70. The molecule has 138 valence electrons. The van der Waals surface area contributed by atoms with Crippen molar-refractivity contribution in [2.75, 3.05) is 5.32 Å². The molecule has 0 aliphatic heterocycles. The lowest BCUT2D eigenvalue weighted by atomic mass is 10.2. The minimum atomic E-state index is -1.17. The number of aromatic nitrogens is 1. The second-order valence-corrected chi connectivity index (χ2v) is 5.71. The Morgan fingerprint density at radius 1 is 1.26 bits per heavy atom. The summed E-state index contributed by atoms with van der Waals surface area (Å²) >= 11 is 0. The lowest BCUT2D eigenvalue weighted by molar-refractivity contribution is -0.387. The molecule has 3 aromatic rings. The van der Waals surface area contributed by atoms with Gasteiger partial charge in [0, 0.05) is 28.9 Å². The van der Waals surface area contributed by atoms with Gasteiger partial charge in [-0.05, 0) is 25.1 Å². The Morgan fingerprint density at radius 3 is 2.74 bits per heavy atom. The number of H-pyrrole nitrogens is 1. The summed E-state index contributed by atoms with van der Waals surface area (Å²) < 4.78 is 18.5. The summed E-state index contributed by atoms with van der Waals surface area (Å²) in [5.41, 5.74) is 0.280. The first-order valence-corrected chi connectivity index (χ1v) is 7.88. The molecule has 1 amide bonds. The molecule has 0 aliphatic carbocycles. The van der Waals surface area contributed by atoms with Crippen LogP contribution in [-0.2, 0) is 9.53 Å². The van der Waals surface area contributed by atoms with Crippen molar-refractivity contribution in [2.24, 2.45) is 0 Å². The number of amides is 1. The minimum absolute atomic E-state index is 0.0168. The van der Waals surface area contributed by atoms with Crippen molar-refractivity contribution < 1.29 is 23.6 Å². The van der Waals surface area contributed by atoms with E-state index in [-0.39, 0.29) is 11.3 Å². The molecule has 27 heavy (non-hydrogen) atoms. The van der Waals surface area contributed by atoms with Gasteiger partial charge in [-0.3, -0.25) is 14.9 Å². The van der Waals surface area contributed by atoms with E-state index in [4.69, 9.17) is 4.74 Å². The second-order valence-electron chi connectivity index (χ2n) is 5.71. The molecule has 0 saturated carbocycles. The first-order chi connectivity index (χ1) is 12.9. The number of carbonyl (C=O) groups excluding carboxylic acids is 2. The standard InChI is InChI=1S/C18H14FN3O5/c1-10(17(23)21-11-6-7-14(19)16(8-11)22(25)26)27-18(24)13-9-20-15-5-3-2-4-12(13)15/h2-10,20H,1H3,(H,21,23)/t10-/m0/s1. The van der Waals surface area contributed by atoms with E-state index in [0.717, 1.165) is 17.6 Å². The molecule has 0 aliphatic rings. The molecule has 0 saturated heterocycles. The Hall–Kier alpha value is -3.75. The Morgan fingerprint density at radius 2 is 2.00 bits per heavy atom. The van der Waals surface area contributed by atoms with E-state index in [1.54, 1.807) is 18.2 Å². The predicted octanol–water partition coefficient (Wildman–Crippen LogP) is 3.40. The van der Waals surface area contributed by atoms with Crippen LogP contribution in [0.2, 0.25) is 0 Å². The Bertz CT molecular complexity index is 1050. The van der Waals surface area contributed by atoms with Crippen molar-refractivity contribution >= 4 is 34.2 Å². The van der Waals surface area contributed by atoms with E-state index in [0.29, 0.717) is 5.39 Å². The van der Waals surface area contributed by atoms with Crippen molar-refractivity contribution in [1.82, 2.24) is 4.98 Å². The van der Waals surface area contributed by atoms with Crippen molar-refractivity contribution in [2.45, 2.75) is 13.0 Å². The van der Waals surface area contributed by atoms with E-state index in [2.05, 4.69) is 10.3 Å². The molecule has 0 unspecified atom stereocenters. The van der Waals surface area contributed by atoms with E-state index >= 15 is 0 Å². The number of nitrogens with one attached hydrogen (secondary N) is 2. The van der Waals surface area contributed by atoms with Crippen LogP contribution in [0, 0.1) is 15.9 Å². The summed E-state index contributed by atoms with van der Waals surface area (Å²) in [6.07, 6.45) is 0.316. The van der Waals surface area contributed by atoms with Gasteiger partial charge in [-0.1, -0.05) is 18.2 Å². The molecular weight excluding hydrogens is 357 g/mol. The Kier molecular flexibility index (Phi) is 4.84. The van der Waals surface area contributed by atoms with Gasteiger partial charge in [0.2, 0.25) is 5.82 Å². The maximum absolute atomic E-state index is 13.3. The van der Waals surface area contributed by atoms with Gasteiger partial charge >= 0.3 is 11.7 Å². The zero-order chi connectivity index (χ0) is 19.6. The van der Waals surface area contributed by atoms with E-state index in [1.165, 1.54) is 19.2 Å². The summed E-state index contributed by atoms with van der Waals surface area (Å²) in [7, 11) is 0. The molecule has 0 radical (unpaired) electrons. The summed E-state index contributed by atoms with van der Waals surface area (Å²) in [5.74, 6) is -2.42. The molecule has 1 atom stereocenters. The lowest BCUT2D eigenvalue weighted by Gasteiger charge is -2.13. The summed E-state index contributed by atoms with van der Waals surface area (Å²) in [4.78, 5) is 37.3. The zero-order valence-electron chi connectivity index (χ0n) is 14.1. The van der Waals surface area contributed by atoms with E-state index in [1.807, 2.05) is 6.07 Å². The molecule has 1 heterocycles. The van der Waals surface area contributed by atoms with Crippen LogP contribution in [0.1, 0.15) is 17.3 Å². The van der Waals surface area contributed by atoms with Gasteiger partial charge in [0.15, 0.2) is 6.10 Å². The molecule has 1 aromatic heterocycles. The minimum Gasteiger partial charge on any atom is -0.449 e. The maximum atomic E-state index is 13.3. The number of nitrogens with zero attached hydrogens (tertiary/aromatic N) is 1. The fourth-order valence-corrected chi connectivity index (χ4v) is 2.49. The number of aromatic amines is 1. The van der Waals surface area contributed by atoms with Crippen LogP contribution in [0.25, 0.3) is 10.9 Å². The first-order valence-electron chi connectivity index (χ1n) is 7.88. The maximum Gasteiger partial charge on any atom is 0.341 e. The van der Waals surface area contributed by atoms with E-state index < -0.39 is 34.4 Å². The van der Waals surface area contributed by atoms with Gasteiger partial charge in [-0.2, -0.15) is 4.39 Å². The highest BCUT2D eigenvalue weighted by Crippen LogP contribution is 2.22. The number of benzene rings is 2. The highest BCUT2D eigenvalue weighted by Gasteiger charge is 2.22. The van der Waals surface area contributed by atoms with Crippen LogP contribution >= 0.6 is 0 Å². The van der Waals surface area contributed by atoms with Crippen LogP contribution in [0.15, 0.2) is 48.7 Å². The predicted molar refractivity (Wildman–Crippen MR) is 94.9 cm³/mol.